The molecule has 3 rings (SSSR count). The summed E-state index contributed by atoms with van der Waals surface area (Å²) in [6, 6.07) is 25.3. The first-order valence-electron chi connectivity index (χ1n) is 9.81. The second-order valence-corrected chi connectivity index (χ2v) is 9.21. The lowest BCUT2D eigenvalue weighted by Gasteiger charge is -2.23. The van der Waals surface area contributed by atoms with Gasteiger partial charge in [-0.3, -0.25) is 4.79 Å². The van der Waals surface area contributed by atoms with Crippen molar-refractivity contribution in [3.63, 3.8) is 0 Å². The maximum atomic E-state index is 13.3. The van der Waals surface area contributed by atoms with Gasteiger partial charge in [-0.05, 0) is 37.1 Å². The Labute approximate surface area is 178 Å². The highest BCUT2D eigenvalue weighted by Crippen LogP contribution is 2.19. The topological polar surface area (TPSA) is 66.5 Å². The second kappa shape index (κ2) is 9.69. The van der Waals surface area contributed by atoms with Gasteiger partial charge in [0.15, 0.2) is 0 Å². The SMILES string of the molecule is Cc1ccc(S(=O)(=O)N(CC(=O)NC(C)c2ccccc2)Cc2ccccc2)cc1. The van der Waals surface area contributed by atoms with Gasteiger partial charge in [0.1, 0.15) is 0 Å². The van der Waals surface area contributed by atoms with Crippen molar-refractivity contribution in [2.24, 2.45) is 0 Å². The molecule has 0 aliphatic heterocycles. The van der Waals surface area contributed by atoms with Crippen LogP contribution in [0.3, 0.4) is 0 Å². The number of sulfonamides is 1. The molecule has 3 aromatic rings. The second-order valence-electron chi connectivity index (χ2n) is 7.27. The van der Waals surface area contributed by atoms with E-state index in [0.29, 0.717) is 0 Å². The molecule has 1 amide bonds. The van der Waals surface area contributed by atoms with Gasteiger partial charge in [0.05, 0.1) is 17.5 Å². The first-order valence-corrected chi connectivity index (χ1v) is 11.3. The van der Waals surface area contributed by atoms with E-state index in [-0.39, 0.29) is 29.9 Å². The van der Waals surface area contributed by atoms with Crippen molar-refractivity contribution in [1.82, 2.24) is 9.62 Å². The van der Waals surface area contributed by atoms with Crippen LogP contribution in [0.5, 0.6) is 0 Å². The summed E-state index contributed by atoms with van der Waals surface area (Å²) in [7, 11) is -3.84. The third kappa shape index (κ3) is 5.55. The van der Waals surface area contributed by atoms with Crippen LogP contribution in [0, 0.1) is 6.92 Å². The number of hydrogen-bond donors (Lipinski definition) is 1. The highest BCUT2D eigenvalue weighted by atomic mass is 32.2. The quantitative estimate of drug-likeness (QED) is 0.595. The van der Waals surface area contributed by atoms with Gasteiger partial charge in [-0.2, -0.15) is 4.31 Å². The van der Waals surface area contributed by atoms with Crippen LogP contribution >= 0.6 is 0 Å². The first-order chi connectivity index (χ1) is 14.4. The van der Waals surface area contributed by atoms with Crippen LogP contribution in [0.1, 0.15) is 29.7 Å². The van der Waals surface area contributed by atoms with E-state index in [2.05, 4.69) is 5.32 Å². The largest absolute Gasteiger partial charge is 0.348 e. The van der Waals surface area contributed by atoms with E-state index in [1.807, 2.05) is 74.5 Å². The third-order valence-corrected chi connectivity index (χ3v) is 6.66. The average molecular weight is 423 g/mol. The number of nitrogens with one attached hydrogen (secondary N) is 1. The Morgan fingerprint density at radius 1 is 0.900 bits per heavy atom. The lowest BCUT2D eigenvalue weighted by molar-refractivity contribution is -0.122. The Bertz CT molecular complexity index is 1070. The molecule has 1 N–H and O–H groups in total. The van der Waals surface area contributed by atoms with Gasteiger partial charge in [-0.1, -0.05) is 78.4 Å². The molecule has 5 nitrogen and oxygen atoms in total. The lowest BCUT2D eigenvalue weighted by atomic mass is 10.1. The molecule has 0 radical (unpaired) electrons. The Morgan fingerprint density at radius 2 is 1.47 bits per heavy atom. The molecule has 0 aliphatic carbocycles. The Morgan fingerprint density at radius 3 is 2.07 bits per heavy atom. The molecule has 30 heavy (non-hydrogen) atoms. The molecule has 0 bridgehead atoms. The van der Waals surface area contributed by atoms with Crippen molar-refractivity contribution >= 4 is 15.9 Å². The molecule has 0 aromatic heterocycles. The average Bonchev–Trinajstić information content (AvgIpc) is 2.75. The molecule has 3 aromatic carbocycles. The fourth-order valence-electron chi connectivity index (χ4n) is 3.14. The van der Waals surface area contributed by atoms with Gasteiger partial charge in [0, 0.05) is 6.54 Å². The number of benzene rings is 3. The predicted octanol–water partition coefficient (Wildman–Crippen LogP) is 4.06. The molecular weight excluding hydrogens is 396 g/mol. The van der Waals surface area contributed by atoms with Crippen molar-refractivity contribution in [2.45, 2.75) is 31.3 Å². The van der Waals surface area contributed by atoms with Gasteiger partial charge in [-0.15, -0.1) is 0 Å². The van der Waals surface area contributed by atoms with Crippen LogP contribution < -0.4 is 5.32 Å². The van der Waals surface area contributed by atoms with Crippen LogP contribution in [0.25, 0.3) is 0 Å². The van der Waals surface area contributed by atoms with Crippen LogP contribution in [0.4, 0.5) is 0 Å². The molecule has 0 aliphatic rings. The van der Waals surface area contributed by atoms with Crippen molar-refractivity contribution < 1.29 is 13.2 Å². The summed E-state index contributed by atoms with van der Waals surface area (Å²) in [5.74, 6) is -0.349. The Kier molecular flexibility index (Phi) is 7.03. The number of nitrogens with zero attached hydrogens (tertiary/aromatic N) is 1. The number of aryl methyl sites for hydroxylation is 1. The number of carbonyl (C=O) groups excluding carboxylic acids is 1. The minimum atomic E-state index is -3.84. The van der Waals surface area contributed by atoms with Crippen molar-refractivity contribution in [3.05, 3.63) is 102 Å². The minimum absolute atomic E-state index is 0.115. The predicted molar refractivity (Wildman–Crippen MR) is 118 cm³/mol. The van der Waals surface area contributed by atoms with Crippen molar-refractivity contribution in [3.8, 4) is 0 Å². The summed E-state index contributed by atoms with van der Waals surface area (Å²) in [5, 5.41) is 2.90. The monoisotopic (exact) mass is 422 g/mol. The van der Waals surface area contributed by atoms with Crippen LogP contribution in [-0.4, -0.2) is 25.2 Å². The van der Waals surface area contributed by atoms with Gasteiger partial charge in [-0.25, -0.2) is 8.42 Å². The van der Waals surface area contributed by atoms with Crippen molar-refractivity contribution in [2.75, 3.05) is 6.54 Å². The van der Waals surface area contributed by atoms with Crippen LogP contribution in [-0.2, 0) is 21.4 Å². The van der Waals surface area contributed by atoms with Crippen LogP contribution in [0.2, 0.25) is 0 Å². The molecular formula is C24H26N2O3S. The molecule has 6 heteroatoms. The van der Waals surface area contributed by atoms with Crippen molar-refractivity contribution in [1.29, 1.82) is 0 Å². The summed E-state index contributed by atoms with van der Waals surface area (Å²) in [6.07, 6.45) is 0. The zero-order valence-electron chi connectivity index (χ0n) is 17.2. The normalized spacial score (nSPS) is 12.5. The van der Waals surface area contributed by atoms with E-state index in [1.54, 1.807) is 24.3 Å². The fraction of sp³-hybridized carbons (Fsp3) is 0.208. The van der Waals surface area contributed by atoms with Gasteiger partial charge >= 0.3 is 0 Å². The standard InChI is InChI=1S/C24H26N2O3S/c1-19-13-15-23(16-14-19)30(28,29)26(17-21-9-5-3-6-10-21)18-24(27)25-20(2)22-11-7-4-8-12-22/h3-16,20H,17-18H2,1-2H3,(H,25,27). The maximum Gasteiger partial charge on any atom is 0.243 e. The summed E-state index contributed by atoms with van der Waals surface area (Å²) in [5.41, 5.74) is 2.75. The van der Waals surface area contributed by atoms with E-state index < -0.39 is 10.0 Å². The Balaban J connectivity index is 1.82. The van der Waals surface area contributed by atoms with Gasteiger partial charge in [0.25, 0.3) is 0 Å². The summed E-state index contributed by atoms with van der Waals surface area (Å²) in [6.45, 7) is 3.63. The fourth-order valence-corrected chi connectivity index (χ4v) is 4.53. The van der Waals surface area contributed by atoms with Gasteiger partial charge < -0.3 is 5.32 Å². The molecule has 0 saturated heterocycles. The maximum absolute atomic E-state index is 13.3. The zero-order chi connectivity index (χ0) is 21.6. The molecule has 0 spiro atoms. The number of rotatable bonds is 8. The number of amides is 1. The van der Waals surface area contributed by atoms with Crippen LogP contribution in [0.15, 0.2) is 89.8 Å². The third-order valence-electron chi connectivity index (χ3n) is 4.86. The highest BCUT2D eigenvalue weighted by molar-refractivity contribution is 7.89. The summed E-state index contributed by atoms with van der Waals surface area (Å²) >= 11 is 0. The molecule has 0 heterocycles. The van der Waals surface area contributed by atoms with E-state index in [4.69, 9.17) is 0 Å². The van der Waals surface area contributed by atoms with E-state index >= 15 is 0 Å². The molecule has 1 unspecified atom stereocenters. The Hall–Kier alpha value is -2.96. The zero-order valence-corrected chi connectivity index (χ0v) is 18.0. The molecule has 156 valence electrons. The summed E-state index contributed by atoms with van der Waals surface area (Å²) in [4.78, 5) is 12.9. The highest BCUT2D eigenvalue weighted by Gasteiger charge is 2.27. The number of carbonyl (C=O) groups is 1. The summed E-state index contributed by atoms with van der Waals surface area (Å²) < 4.78 is 27.8. The smallest absolute Gasteiger partial charge is 0.243 e. The molecule has 0 saturated carbocycles. The van der Waals surface area contributed by atoms with E-state index in [0.717, 1.165) is 16.7 Å². The molecule has 1 atom stereocenters. The first kappa shape index (κ1) is 21.7. The van der Waals surface area contributed by atoms with E-state index in [1.165, 1.54) is 4.31 Å². The van der Waals surface area contributed by atoms with E-state index in [9.17, 15) is 13.2 Å². The minimum Gasteiger partial charge on any atom is -0.348 e. The van der Waals surface area contributed by atoms with Gasteiger partial charge in [0.2, 0.25) is 15.9 Å². The molecule has 0 fully saturated rings. The number of hydrogen-bond acceptors (Lipinski definition) is 3. The lowest BCUT2D eigenvalue weighted by Crippen LogP contribution is -2.41.